The Morgan fingerprint density at radius 2 is 2.50 bits per heavy atom. The van der Waals surface area contributed by atoms with Crippen LogP contribution in [0.25, 0.3) is 0 Å². The van der Waals surface area contributed by atoms with Crippen molar-refractivity contribution in [3.63, 3.8) is 0 Å². The van der Waals surface area contributed by atoms with Gasteiger partial charge in [0.1, 0.15) is 0 Å². The molecule has 1 aromatic rings. The average molecular weight is 140 g/mol. The molecule has 0 fully saturated rings. The lowest BCUT2D eigenvalue weighted by Crippen LogP contribution is -1.95. The maximum atomic E-state index is 8.46. The van der Waals surface area contributed by atoms with Crippen molar-refractivity contribution in [2.24, 2.45) is 0 Å². The van der Waals surface area contributed by atoms with Gasteiger partial charge in [0.2, 0.25) is 0 Å². The van der Waals surface area contributed by atoms with Gasteiger partial charge in [0.15, 0.2) is 11.6 Å². The molecule has 10 heavy (non-hydrogen) atoms. The molecule has 54 valence electrons. The van der Waals surface area contributed by atoms with Crippen molar-refractivity contribution in [1.29, 1.82) is 0 Å². The van der Waals surface area contributed by atoms with Crippen molar-refractivity contribution in [2.45, 2.75) is 0 Å². The van der Waals surface area contributed by atoms with E-state index in [2.05, 4.69) is 4.98 Å². The van der Waals surface area contributed by atoms with E-state index in [-0.39, 0.29) is 0 Å². The first kappa shape index (κ1) is 6.82. The first-order chi connectivity index (χ1) is 4.88. The monoisotopic (exact) mass is 140 g/mol. The molecule has 0 aliphatic rings. The van der Waals surface area contributed by atoms with E-state index in [0.29, 0.717) is 11.6 Å². The van der Waals surface area contributed by atoms with Gasteiger partial charge in [-0.1, -0.05) is 0 Å². The fourth-order valence-electron chi connectivity index (χ4n) is 0.639. The Bertz CT molecular complexity index is 192. The van der Waals surface area contributed by atoms with Crippen LogP contribution in [0.4, 0.5) is 5.82 Å². The van der Waals surface area contributed by atoms with Crippen LogP contribution in [0, 0.1) is 0 Å². The van der Waals surface area contributed by atoms with Crippen molar-refractivity contribution < 1.29 is 9.94 Å². The second kappa shape index (κ2) is 3.03. The predicted molar refractivity (Wildman–Crippen MR) is 36.2 cm³/mol. The van der Waals surface area contributed by atoms with Gasteiger partial charge in [0.05, 0.1) is 7.11 Å². The van der Waals surface area contributed by atoms with Crippen LogP contribution in [-0.4, -0.2) is 17.3 Å². The summed E-state index contributed by atoms with van der Waals surface area (Å²) >= 11 is 0. The topological polar surface area (TPSA) is 54.4 Å². The molecule has 2 N–H and O–H groups in total. The minimum Gasteiger partial charge on any atom is -0.493 e. The van der Waals surface area contributed by atoms with E-state index in [1.807, 2.05) is 5.48 Å². The van der Waals surface area contributed by atoms with Gasteiger partial charge in [-0.05, 0) is 12.1 Å². The van der Waals surface area contributed by atoms with Crippen LogP contribution in [0.2, 0.25) is 0 Å². The molecule has 0 aliphatic heterocycles. The summed E-state index contributed by atoms with van der Waals surface area (Å²) in [5.41, 5.74) is 1.91. The summed E-state index contributed by atoms with van der Waals surface area (Å²) in [6.45, 7) is 0. The maximum Gasteiger partial charge on any atom is 0.192 e. The summed E-state index contributed by atoms with van der Waals surface area (Å²) in [5, 5.41) is 8.46. The second-order valence-electron chi connectivity index (χ2n) is 1.67. The van der Waals surface area contributed by atoms with E-state index in [4.69, 9.17) is 9.94 Å². The van der Waals surface area contributed by atoms with Gasteiger partial charge in [-0.25, -0.2) is 10.5 Å². The standard InChI is InChI=1S/C6H8N2O2/c1-10-5-3-2-4-7-6(5)8-9/h2-4,9H,1H3,(H,7,8). The highest BCUT2D eigenvalue weighted by atomic mass is 16.5. The summed E-state index contributed by atoms with van der Waals surface area (Å²) in [6, 6.07) is 3.42. The fourth-order valence-corrected chi connectivity index (χ4v) is 0.639. The zero-order chi connectivity index (χ0) is 7.40. The molecule has 0 atom stereocenters. The molecule has 0 unspecified atom stereocenters. The highest BCUT2D eigenvalue weighted by Crippen LogP contribution is 2.18. The molecule has 1 rings (SSSR count). The zero-order valence-electron chi connectivity index (χ0n) is 5.53. The summed E-state index contributed by atoms with van der Waals surface area (Å²) in [7, 11) is 1.51. The van der Waals surface area contributed by atoms with Crippen LogP contribution >= 0.6 is 0 Å². The smallest absolute Gasteiger partial charge is 0.192 e. The number of pyridine rings is 1. The van der Waals surface area contributed by atoms with Gasteiger partial charge in [0.25, 0.3) is 0 Å². The lowest BCUT2D eigenvalue weighted by atomic mass is 10.4. The second-order valence-corrected chi connectivity index (χ2v) is 1.67. The van der Waals surface area contributed by atoms with Gasteiger partial charge in [-0.15, -0.1) is 0 Å². The zero-order valence-corrected chi connectivity index (χ0v) is 5.53. The normalized spacial score (nSPS) is 9.00. The lowest BCUT2D eigenvalue weighted by Gasteiger charge is -2.02. The van der Waals surface area contributed by atoms with Crippen molar-refractivity contribution in [3.8, 4) is 5.75 Å². The number of methoxy groups -OCH3 is 1. The molecular weight excluding hydrogens is 132 g/mol. The van der Waals surface area contributed by atoms with Crippen LogP contribution < -0.4 is 10.2 Å². The lowest BCUT2D eigenvalue weighted by molar-refractivity contribution is 0.369. The number of hydrogen-bond donors (Lipinski definition) is 2. The van der Waals surface area contributed by atoms with Crippen LogP contribution in [0.15, 0.2) is 18.3 Å². The Hall–Kier alpha value is -1.29. The molecule has 1 aromatic heterocycles. The number of anilines is 1. The highest BCUT2D eigenvalue weighted by Gasteiger charge is 1.98. The summed E-state index contributed by atoms with van der Waals surface area (Å²) < 4.78 is 4.85. The van der Waals surface area contributed by atoms with Gasteiger partial charge in [0, 0.05) is 6.20 Å². The molecule has 0 spiro atoms. The van der Waals surface area contributed by atoms with Crippen LogP contribution in [-0.2, 0) is 0 Å². The third-order valence-electron chi connectivity index (χ3n) is 1.10. The molecule has 4 nitrogen and oxygen atoms in total. The summed E-state index contributed by atoms with van der Waals surface area (Å²) in [5.74, 6) is 0.843. The Labute approximate surface area is 58.4 Å². The molecule has 4 heteroatoms. The van der Waals surface area contributed by atoms with E-state index >= 15 is 0 Å². The van der Waals surface area contributed by atoms with Crippen LogP contribution in [0.1, 0.15) is 0 Å². The highest BCUT2D eigenvalue weighted by molar-refractivity contribution is 5.47. The van der Waals surface area contributed by atoms with Gasteiger partial charge in [-0.2, -0.15) is 0 Å². The molecule has 0 saturated heterocycles. The third kappa shape index (κ3) is 1.16. The number of nitrogens with zero attached hydrogens (tertiary/aromatic N) is 1. The largest absolute Gasteiger partial charge is 0.493 e. The van der Waals surface area contributed by atoms with Crippen LogP contribution in [0.3, 0.4) is 0 Å². The first-order valence-corrected chi connectivity index (χ1v) is 2.77. The predicted octanol–water partition coefficient (Wildman–Crippen LogP) is 0.891. The minimum absolute atomic E-state index is 0.324. The average Bonchev–Trinajstić information content (AvgIpc) is 2.04. The Morgan fingerprint density at radius 1 is 1.70 bits per heavy atom. The van der Waals surface area contributed by atoms with E-state index in [1.165, 1.54) is 7.11 Å². The van der Waals surface area contributed by atoms with Gasteiger partial charge < -0.3 is 4.74 Å². The SMILES string of the molecule is COc1cccnc1NO. The Balaban J connectivity index is 2.96. The van der Waals surface area contributed by atoms with Crippen LogP contribution in [0.5, 0.6) is 5.75 Å². The summed E-state index contributed by atoms with van der Waals surface area (Å²) in [4.78, 5) is 3.78. The van der Waals surface area contributed by atoms with E-state index in [0.717, 1.165) is 0 Å². The van der Waals surface area contributed by atoms with Crippen molar-refractivity contribution in [2.75, 3.05) is 12.6 Å². The molecule has 1 heterocycles. The Morgan fingerprint density at radius 3 is 3.00 bits per heavy atom. The van der Waals surface area contributed by atoms with Gasteiger partial charge >= 0.3 is 0 Å². The molecule has 0 saturated carbocycles. The van der Waals surface area contributed by atoms with Crippen molar-refractivity contribution >= 4 is 5.82 Å². The van der Waals surface area contributed by atoms with Gasteiger partial charge in [-0.3, -0.25) is 5.21 Å². The molecule has 0 amide bonds. The van der Waals surface area contributed by atoms with Crippen molar-refractivity contribution in [3.05, 3.63) is 18.3 Å². The molecule has 0 bridgehead atoms. The number of rotatable bonds is 2. The number of aromatic nitrogens is 1. The Kier molecular flexibility index (Phi) is 2.07. The van der Waals surface area contributed by atoms with Crippen molar-refractivity contribution in [1.82, 2.24) is 4.98 Å². The fraction of sp³-hybridized carbons (Fsp3) is 0.167. The minimum atomic E-state index is 0.324. The number of nitrogens with one attached hydrogen (secondary N) is 1. The number of hydrogen-bond acceptors (Lipinski definition) is 4. The molecule has 0 aromatic carbocycles. The first-order valence-electron chi connectivity index (χ1n) is 2.77. The van der Waals surface area contributed by atoms with E-state index < -0.39 is 0 Å². The molecule has 0 aliphatic carbocycles. The maximum absolute atomic E-state index is 8.46. The molecular formula is C6H8N2O2. The summed E-state index contributed by atoms with van der Waals surface area (Å²) in [6.07, 6.45) is 1.56. The third-order valence-corrected chi connectivity index (χ3v) is 1.10. The van der Waals surface area contributed by atoms with E-state index in [1.54, 1.807) is 18.3 Å². The van der Waals surface area contributed by atoms with E-state index in [9.17, 15) is 0 Å². The molecule has 0 radical (unpaired) electrons. The number of ether oxygens (including phenoxy) is 1. The quantitative estimate of drug-likeness (QED) is 0.599.